The number of rotatable bonds is 5. The van der Waals surface area contributed by atoms with Gasteiger partial charge in [0, 0.05) is 11.3 Å². The van der Waals surface area contributed by atoms with Crippen LogP contribution in [-0.4, -0.2) is 28.4 Å². The summed E-state index contributed by atoms with van der Waals surface area (Å²) in [5, 5.41) is 3.80. The van der Waals surface area contributed by atoms with E-state index in [1.165, 1.54) is 12.8 Å². The van der Waals surface area contributed by atoms with Crippen LogP contribution in [-0.2, 0) is 4.79 Å². The number of amides is 1. The summed E-state index contributed by atoms with van der Waals surface area (Å²) in [4.78, 5) is 12.5. The van der Waals surface area contributed by atoms with E-state index in [0.29, 0.717) is 16.3 Å². The lowest BCUT2D eigenvalue weighted by molar-refractivity contribution is -0.124. The molecule has 1 aliphatic carbocycles. The van der Waals surface area contributed by atoms with Crippen LogP contribution in [0, 0.1) is 11.8 Å². The molecule has 1 aliphatic rings. The largest absolute Gasteiger partial charge is 0.393 e. The van der Waals surface area contributed by atoms with Gasteiger partial charge in [0.1, 0.15) is 0 Å². The van der Waals surface area contributed by atoms with E-state index in [0.717, 1.165) is 12.8 Å². The van der Waals surface area contributed by atoms with Gasteiger partial charge in [0.15, 0.2) is 0 Å². The Balaban J connectivity index is 2.55. The molecule has 0 aromatic heterocycles. The van der Waals surface area contributed by atoms with Crippen LogP contribution in [0.4, 0.5) is 0 Å². The van der Waals surface area contributed by atoms with Crippen LogP contribution < -0.4 is 11.1 Å². The molecule has 1 amide bonds. The zero-order chi connectivity index (χ0) is 13.7. The van der Waals surface area contributed by atoms with Gasteiger partial charge in [-0.25, -0.2) is 0 Å². The summed E-state index contributed by atoms with van der Waals surface area (Å²) in [5.41, 5.74) is 5.66. The van der Waals surface area contributed by atoms with E-state index in [4.69, 9.17) is 18.0 Å². The Hall–Kier alpha value is -0.290. The van der Waals surface area contributed by atoms with Crippen LogP contribution in [0.5, 0.6) is 0 Å². The van der Waals surface area contributed by atoms with E-state index in [2.05, 4.69) is 11.6 Å². The molecule has 3 N–H and O–H groups in total. The predicted molar refractivity (Wildman–Crippen MR) is 82.8 cm³/mol. The molecule has 0 spiro atoms. The molecular weight excluding hydrogens is 264 g/mol. The maximum absolute atomic E-state index is 12.2. The van der Waals surface area contributed by atoms with Gasteiger partial charge in [0.05, 0.1) is 10.9 Å². The first-order valence-electron chi connectivity index (χ1n) is 6.58. The highest BCUT2D eigenvalue weighted by atomic mass is 32.2. The normalized spacial score (nSPS) is 25.8. The highest BCUT2D eigenvalue weighted by molar-refractivity contribution is 7.99. The molecule has 0 saturated heterocycles. The topological polar surface area (TPSA) is 55.1 Å². The van der Waals surface area contributed by atoms with Crippen molar-refractivity contribution in [2.24, 2.45) is 17.6 Å². The predicted octanol–water partition coefficient (Wildman–Crippen LogP) is 2.34. The van der Waals surface area contributed by atoms with Crippen molar-refractivity contribution in [1.82, 2.24) is 5.32 Å². The van der Waals surface area contributed by atoms with Crippen LogP contribution in [0.1, 0.15) is 39.5 Å². The van der Waals surface area contributed by atoms with Gasteiger partial charge in [-0.3, -0.25) is 4.79 Å². The summed E-state index contributed by atoms with van der Waals surface area (Å²) < 4.78 is 0. The lowest BCUT2D eigenvalue weighted by atomic mass is 9.91. The monoisotopic (exact) mass is 288 g/mol. The minimum Gasteiger partial charge on any atom is -0.393 e. The first-order chi connectivity index (χ1) is 8.45. The number of thiocarbonyl (C=S) groups is 1. The standard InChI is InChI=1S/C13H24N2OS2/c1-8(2)11(12(14)17)13(16)15-9-5-4-6-10(7-9)18-3/h8-11H,4-7H2,1-3H3,(H2,14,17)(H,15,16). The Kier molecular flexibility index (Phi) is 6.43. The number of carbonyl (C=O) groups is 1. The van der Waals surface area contributed by atoms with E-state index in [1.54, 1.807) is 0 Å². The van der Waals surface area contributed by atoms with Gasteiger partial charge in [-0.2, -0.15) is 11.8 Å². The molecule has 3 atom stereocenters. The minimum absolute atomic E-state index is 0.00394. The summed E-state index contributed by atoms with van der Waals surface area (Å²) in [6.45, 7) is 3.96. The maximum Gasteiger partial charge on any atom is 0.230 e. The Bertz CT molecular complexity index is 307. The number of hydrogen-bond donors (Lipinski definition) is 2. The van der Waals surface area contributed by atoms with Gasteiger partial charge in [0.2, 0.25) is 5.91 Å². The molecule has 0 bridgehead atoms. The van der Waals surface area contributed by atoms with E-state index in [9.17, 15) is 4.79 Å². The Morgan fingerprint density at radius 1 is 1.44 bits per heavy atom. The van der Waals surface area contributed by atoms with Gasteiger partial charge in [0.25, 0.3) is 0 Å². The Labute approximate surface area is 120 Å². The summed E-state index contributed by atoms with van der Waals surface area (Å²) in [7, 11) is 0. The highest BCUT2D eigenvalue weighted by Gasteiger charge is 2.29. The molecule has 1 fully saturated rings. The number of nitrogens with one attached hydrogen (secondary N) is 1. The third-order valence-corrected chi connectivity index (χ3v) is 4.91. The SMILES string of the molecule is CSC1CCCC(NC(=O)C(C(N)=S)C(C)C)C1. The third-order valence-electron chi connectivity index (χ3n) is 3.56. The van der Waals surface area contributed by atoms with Crippen LogP contribution >= 0.6 is 24.0 Å². The first-order valence-corrected chi connectivity index (χ1v) is 8.27. The molecule has 3 unspecified atom stereocenters. The van der Waals surface area contributed by atoms with Gasteiger partial charge in [-0.15, -0.1) is 0 Å². The second kappa shape index (κ2) is 7.34. The molecule has 0 aliphatic heterocycles. The second-order valence-electron chi connectivity index (χ2n) is 5.35. The average Bonchev–Trinajstić information content (AvgIpc) is 2.28. The van der Waals surface area contributed by atoms with Crippen LogP contribution in [0.3, 0.4) is 0 Å². The number of nitrogens with two attached hydrogens (primary N) is 1. The van der Waals surface area contributed by atoms with Crippen molar-refractivity contribution in [1.29, 1.82) is 0 Å². The fourth-order valence-electron chi connectivity index (χ4n) is 2.54. The quantitative estimate of drug-likeness (QED) is 0.762. The summed E-state index contributed by atoms with van der Waals surface area (Å²) in [6, 6.07) is 0.291. The van der Waals surface area contributed by atoms with Gasteiger partial charge >= 0.3 is 0 Å². The molecule has 0 aromatic carbocycles. The van der Waals surface area contributed by atoms with Crippen molar-refractivity contribution >= 4 is 34.9 Å². The highest BCUT2D eigenvalue weighted by Crippen LogP contribution is 2.27. The molecule has 3 nitrogen and oxygen atoms in total. The molecule has 104 valence electrons. The Morgan fingerprint density at radius 3 is 2.61 bits per heavy atom. The van der Waals surface area contributed by atoms with Gasteiger partial charge in [-0.1, -0.05) is 32.5 Å². The van der Waals surface area contributed by atoms with E-state index in [-0.39, 0.29) is 17.7 Å². The zero-order valence-electron chi connectivity index (χ0n) is 11.4. The van der Waals surface area contributed by atoms with Crippen LogP contribution in [0.25, 0.3) is 0 Å². The summed E-state index contributed by atoms with van der Waals surface area (Å²) >= 11 is 6.89. The molecule has 0 aromatic rings. The van der Waals surface area contributed by atoms with E-state index < -0.39 is 0 Å². The summed E-state index contributed by atoms with van der Waals surface area (Å²) in [5.74, 6) is -0.179. The lowest BCUT2D eigenvalue weighted by Gasteiger charge is -2.30. The summed E-state index contributed by atoms with van der Waals surface area (Å²) in [6.07, 6.45) is 6.73. The van der Waals surface area contributed by atoms with Crippen LogP contribution in [0.15, 0.2) is 0 Å². The molecule has 1 saturated carbocycles. The van der Waals surface area contributed by atoms with Crippen molar-refractivity contribution in [2.45, 2.75) is 50.8 Å². The lowest BCUT2D eigenvalue weighted by Crippen LogP contribution is -2.46. The molecule has 18 heavy (non-hydrogen) atoms. The van der Waals surface area contributed by atoms with Crippen molar-refractivity contribution < 1.29 is 4.79 Å². The number of hydrogen-bond acceptors (Lipinski definition) is 3. The zero-order valence-corrected chi connectivity index (χ0v) is 13.1. The number of thioether (sulfide) groups is 1. The second-order valence-corrected chi connectivity index (χ2v) is 6.96. The molecule has 0 radical (unpaired) electrons. The fourth-order valence-corrected chi connectivity index (χ4v) is 3.75. The first kappa shape index (κ1) is 15.8. The molecule has 1 rings (SSSR count). The minimum atomic E-state index is -0.338. The van der Waals surface area contributed by atoms with Crippen molar-refractivity contribution in [2.75, 3.05) is 6.26 Å². The van der Waals surface area contributed by atoms with Crippen molar-refractivity contribution in [3.63, 3.8) is 0 Å². The number of carbonyl (C=O) groups excluding carboxylic acids is 1. The molecular formula is C13H24N2OS2. The van der Waals surface area contributed by atoms with Crippen LogP contribution in [0.2, 0.25) is 0 Å². The molecule has 0 heterocycles. The fraction of sp³-hybridized carbons (Fsp3) is 0.846. The Morgan fingerprint density at radius 2 is 2.11 bits per heavy atom. The van der Waals surface area contributed by atoms with E-state index in [1.807, 2.05) is 25.6 Å². The van der Waals surface area contributed by atoms with E-state index >= 15 is 0 Å². The van der Waals surface area contributed by atoms with Gasteiger partial charge in [-0.05, 0) is 31.4 Å². The third kappa shape index (κ3) is 4.43. The van der Waals surface area contributed by atoms with Crippen molar-refractivity contribution in [3.05, 3.63) is 0 Å². The average molecular weight is 288 g/mol. The maximum atomic E-state index is 12.2. The smallest absolute Gasteiger partial charge is 0.230 e. The van der Waals surface area contributed by atoms with Gasteiger partial charge < -0.3 is 11.1 Å². The molecule has 5 heteroatoms. The van der Waals surface area contributed by atoms with Crippen molar-refractivity contribution in [3.8, 4) is 0 Å².